The van der Waals surface area contributed by atoms with Crippen molar-refractivity contribution in [1.29, 1.82) is 0 Å². The zero-order valence-corrected chi connectivity index (χ0v) is 17.6. The predicted octanol–water partition coefficient (Wildman–Crippen LogP) is 3.93. The smallest absolute Gasteiger partial charge is 0.206 e. The van der Waals surface area contributed by atoms with Gasteiger partial charge in [-0.1, -0.05) is 13.0 Å². The maximum Gasteiger partial charge on any atom is 0.206 e. The molecule has 2 aromatic carbocycles. The van der Waals surface area contributed by atoms with E-state index in [1.54, 1.807) is 12.1 Å². The third-order valence-corrected chi connectivity index (χ3v) is 7.59. The molecule has 1 fully saturated rings. The summed E-state index contributed by atoms with van der Waals surface area (Å²) in [4.78, 5) is 5.17. The maximum absolute atomic E-state index is 13.5. The van der Waals surface area contributed by atoms with Gasteiger partial charge >= 0.3 is 0 Å². The Morgan fingerprint density at radius 3 is 2.43 bits per heavy atom. The number of benzene rings is 2. The van der Waals surface area contributed by atoms with Gasteiger partial charge in [0.25, 0.3) is 0 Å². The molecule has 4 nitrogen and oxygen atoms in total. The Kier molecular flexibility index (Phi) is 6.32. The second kappa shape index (κ2) is 8.39. The summed E-state index contributed by atoms with van der Waals surface area (Å²) in [6.07, 6.45) is 3.16. The summed E-state index contributed by atoms with van der Waals surface area (Å²) in [5.41, 5.74) is 2.23. The van der Waals surface area contributed by atoms with Crippen molar-refractivity contribution in [3.63, 3.8) is 0 Å². The van der Waals surface area contributed by atoms with Crippen molar-refractivity contribution in [1.82, 2.24) is 4.90 Å². The monoisotopic (exact) mass is 424 g/mol. The Bertz CT molecular complexity index is 943. The summed E-state index contributed by atoms with van der Waals surface area (Å²) in [6.45, 7) is 6.49. The Morgan fingerprint density at radius 1 is 1.04 bits per heavy atom. The highest BCUT2D eigenvalue weighted by molar-refractivity contribution is 7.91. The lowest BCUT2D eigenvalue weighted by atomic mass is 10.0. The number of hydrogen-bond acceptors (Lipinski definition) is 4. The molecule has 0 saturated carbocycles. The SMILES string of the molecule is CCN1CCC(N2CCc3cc(S(=O)(=O)c4cccc(F)c4)ccc32)CC1.Cl. The number of nitrogens with zero attached hydrogens (tertiary/aromatic N) is 2. The van der Waals surface area contributed by atoms with Crippen molar-refractivity contribution in [3.05, 3.63) is 53.8 Å². The molecule has 2 aliphatic heterocycles. The summed E-state index contributed by atoms with van der Waals surface area (Å²) < 4.78 is 39.2. The van der Waals surface area contributed by atoms with Crippen LogP contribution in [0.3, 0.4) is 0 Å². The van der Waals surface area contributed by atoms with Gasteiger partial charge in [-0.05, 0) is 67.8 Å². The third-order valence-electron chi connectivity index (χ3n) is 5.84. The summed E-state index contributed by atoms with van der Waals surface area (Å²) in [5.74, 6) is -0.540. The van der Waals surface area contributed by atoms with Gasteiger partial charge in [0.1, 0.15) is 5.82 Å². The molecular weight excluding hydrogens is 399 g/mol. The minimum atomic E-state index is -3.70. The molecule has 7 heteroatoms. The second-order valence-corrected chi connectivity index (χ2v) is 9.31. The first kappa shape index (κ1) is 21.1. The molecule has 0 N–H and O–H groups in total. The number of sulfone groups is 1. The van der Waals surface area contributed by atoms with E-state index in [2.05, 4.69) is 16.7 Å². The fourth-order valence-corrected chi connectivity index (χ4v) is 5.61. The van der Waals surface area contributed by atoms with E-state index in [-0.39, 0.29) is 22.2 Å². The molecule has 0 amide bonds. The molecule has 0 bridgehead atoms. The number of piperidine rings is 1. The molecule has 0 radical (unpaired) electrons. The van der Waals surface area contributed by atoms with Gasteiger partial charge in [-0.15, -0.1) is 12.4 Å². The van der Waals surface area contributed by atoms with Crippen LogP contribution in [-0.4, -0.2) is 45.5 Å². The first-order valence-corrected chi connectivity index (χ1v) is 11.1. The van der Waals surface area contributed by atoms with E-state index in [4.69, 9.17) is 0 Å². The average Bonchev–Trinajstić information content (AvgIpc) is 3.11. The van der Waals surface area contributed by atoms with Gasteiger partial charge in [-0.3, -0.25) is 0 Å². The highest BCUT2D eigenvalue weighted by Crippen LogP contribution is 2.35. The van der Waals surface area contributed by atoms with Crippen molar-refractivity contribution in [2.24, 2.45) is 0 Å². The number of fused-ring (bicyclic) bond motifs is 1. The average molecular weight is 425 g/mol. The topological polar surface area (TPSA) is 40.6 Å². The van der Waals surface area contributed by atoms with Crippen LogP contribution in [0.4, 0.5) is 10.1 Å². The summed E-state index contributed by atoms with van der Waals surface area (Å²) >= 11 is 0. The number of anilines is 1. The zero-order valence-electron chi connectivity index (χ0n) is 16.0. The molecule has 0 unspecified atom stereocenters. The van der Waals surface area contributed by atoms with Crippen LogP contribution in [0.5, 0.6) is 0 Å². The van der Waals surface area contributed by atoms with Crippen molar-refractivity contribution in [2.45, 2.75) is 42.0 Å². The van der Waals surface area contributed by atoms with Crippen LogP contribution in [0.15, 0.2) is 52.3 Å². The van der Waals surface area contributed by atoms with Crippen molar-refractivity contribution >= 4 is 27.9 Å². The van der Waals surface area contributed by atoms with Crippen LogP contribution < -0.4 is 4.90 Å². The number of rotatable bonds is 4. The molecule has 4 rings (SSSR count). The van der Waals surface area contributed by atoms with Crippen LogP contribution in [0.25, 0.3) is 0 Å². The molecule has 0 atom stereocenters. The molecular formula is C21H26ClFN2O2S. The minimum Gasteiger partial charge on any atom is -0.368 e. The first-order valence-electron chi connectivity index (χ1n) is 9.61. The van der Waals surface area contributed by atoms with E-state index in [1.807, 2.05) is 6.07 Å². The highest BCUT2D eigenvalue weighted by atomic mass is 35.5. The van der Waals surface area contributed by atoms with E-state index in [0.29, 0.717) is 6.04 Å². The number of likely N-dealkylation sites (tertiary alicyclic amines) is 1. The van der Waals surface area contributed by atoms with Gasteiger partial charge in [-0.25, -0.2) is 12.8 Å². The van der Waals surface area contributed by atoms with Crippen molar-refractivity contribution in [3.8, 4) is 0 Å². The van der Waals surface area contributed by atoms with Crippen LogP contribution in [0.2, 0.25) is 0 Å². The fourth-order valence-electron chi connectivity index (χ4n) is 4.27. The Labute approximate surface area is 172 Å². The number of halogens is 2. The minimum absolute atomic E-state index is 0. The van der Waals surface area contributed by atoms with Crippen molar-refractivity contribution < 1.29 is 12.8 Å². The quantitative estimate of drug-likeness (QED) is 0.745. The molecule has 152 valence electrons. The highest BCUT2D eigenvalue weighted by Gasteiger charge is 2.30. The van der Waals surface area contributed by atoms with Crippen molar-refractivity contribution in [2.75, 3.05) is 31.1 Å². The van der Waals surface area contributed by atoms with Crippen LogP contribution in [-0.2, 0) is 16.3 Å². The molecule has 0 aliphatic carbocycles. The fraction of sp³-hybridized carbons (Fsp3) is 0.429. The van der Waals surface area contributed by atoms with E-state index in [1.165, 1.54) is 18.2 Å². The predicted molar refractivity (Wildman–Crippen MR) is 112 cm³/mol. The summed E-state index contributed by atoms with van der Waals surface area (Å²) in [5, 5.41) is 0. The number of hydrogen-bond donors (Lipinski definition) is 0. The molecule has 2 aliphatic rings. The molecule has 1 saturated heterocycles. The lowest BCUT2D eigenvalue weighted by Gasteiger charge is -2.37. The lowest BCUT2D eigenvalue weighted by Crippen LogP contribution is -2.44. The Balaban J connectivity index is 0.00000225. The maximum atomic E-state index is 13.5. The van der Waals surface area contributed by atoms with E-state index in [9.17, 15) is 12.8 Å². The van der Waals surface area contributed by atoms with E-state index >= 15 is 0 Å². The largest absolute Gasteiger partial charge is 0.368 e. The molecule has 0 spiro atoms. The summed E-state index contributed by atoms with van der Waals surface area (Å²) in [7, 11) is -3.70. The van der Waals surface area contributed by atoms with Gasteiger partial charge in [0.15, 0.2) is 0 Å². The molecule has 28 heavy (non-hydrogen) atoms. The van der Waals surface area contributed by atoms with E-state index in [0.717, 1.165) is 62.8 Å². The van der Waals surface area contributed by atoms with Gasteiger partial charge in [0.2, 0.25) is 9.84 Å². The standard InChI is InChI=1S/C21H25FN2O2S.ClH/c1-2-23-11-9-18(10-12-23)24-13-8-16-14-20(6-7-21(16)24)27(25,26)19-5-3-4-17(22)15-19;/h3-7,14-15,18H,2,8-13H2,1H3;1H. The molecule has 2 aromatic rings. The van der Waals surface area contributed by atoms with Crippen LogP contribution >= 0.6 is 12.4 Å². The summed E-state index contributed by atoms with van der Waals surface area (Å²) in [6, 6.07) is 11.1. The molecule has 0 aromatic heterocycles. The van der Waals surface area contributed by atoms with E-state index < -0.39 is 15.7 Å². The van der Waals surface area contributed by atoms with Gasteiger partial charge in [0, 0.05) is 31.4 Å². The van der Waals surface area contributed by atoms with Gasteiger partial charge < -0.3 is 9.80 Å². The molecule has 2 heterocycles. The lowest BCUT2D eigenvalue weighted by molar-refractivity contribution is 0.219. The van der Waals surface area contributed by atoms with Crippen LogP contribution in [0.1, 0.15) is 25.3 Å². The Morgan fingerprint density at radius 2 is 1.75 bits per heavy atom. The third kappa shape index (κ3) is 3.91. The first-order chi connectivity index (χ1) is 13.0. The Hall–Kier alpha value is -1.63. The zero-order chi connectivity index (χ0) is 19.0. The van der Waals surface area contributed by atoms with Crippen LogP contribution in [0, 0.1) is 5.82 Å². The second-order valence-electron chi connectivity index (χ2n) is 7.36. The van der Waals surface area contributed by atoms with Gasteiger partial charge in [-0.2, -0.15) is 0 Å². The van der Waals surface area contributed by atoms with Gasteiger partial charge in [0.05, 0.1) is 9.79 Å². The normalized spacial score (nSPS) is 18.0.